The summed E-state index contributed by atoms with van der Waals surface area (Å²) in [5, 5.41) is 0. The Morgan fingerprint density at radius 3 is 1.57 bits per heavy atom. The molecule has 0 unspecified atom stereocenters. The van der Waals surface area contributed by atoms with Crippen LogP contribution in [0, 0.1) is 0 Å². The largest absolute Gasteiger partial charge is 0.522 e. The molecule has 0 saturated heterocycles. The van der Waals surface area contributed by atoms with Crippen molar-refractivity contribution in [1.82, 2.24) is 4.90 Å². The van der Waals surface area contributed by atoms with E-state index in [1.807, 2.05) is 14.1 Å². The molecule has 0 aliphatic heterocycles. The molecular formula is C4H8F3NO3S3. The van der Waals surface area contributed by atoms with Gasteiger partial charge in [-0.3, -0.25) is 4.55 Å². The van der Waals surface area contributed by atoms with Gasteiger partial charge in [0.25, 0.3) is 0 Å². The zero-order valence-corrected chi connectivity index (χ0v) is 9.64. The summed E-state index contributed by atoms with van der Waals surface area (Å²) in [6.45, 7) is 0. The first-order valence-electron chi connectivity index (χ1n) is 2.83. The first kappa shape index (κ1) is 16.4. The van der Waals surface area contributed by atoms with Gasteiger partial charge >= 0.3 is 15.6 Å². The lowest BCUT2D eigenvalue weighted by Gasteiger charge is -2.05. The highest BCUT2D eigenvalue weighted by Crippen LogP contribution is 2.20. The average Bonchev–Trinajstić information content (AvgIpc) is 1.83. The van der Waals surface area contributed by atoms with Gasteiger partial charge in [0, 0.05) is 14.1 Å². The van der Waals surface area contributed by atoms with Crippen molar-refractivity contribution in [3.8, 4) is 0 Å². The monoisotopic (exact) mass is 271 g/mol. The lowest BCUT2D eigenvalue weighted by atomic mass is 11.0. The summed E-state index contributed by atoms with van der Waals surface area (Å²) in [5.41, 5.74) is -5.53. The standard InChI is InChI=1S/C3H7NS2.CHF3O3S/c1-4(2)3(5)6;2-1(3,4)8(5,6)7/h1-2H3,(H,5,6);(H,5,6,7). The molecule has 0 aliphatic carbocycles. The second kappa shape index (κ2) is 5.73. The van der Waals surface area contributed by atoms with E-state index in [-0.39, 0.29) is 0 Å². The molecule has 0 aliphatic rings. The minimum absolute atomic E-state index is 0.620. The Morgan fingerprint density at radius 1 is 1.43 bits per heavy atom. The minimum atomic E-state index is -5.84. The van der Waals surface area contributed by atoms with E-state index in [0.717, 1.165) is 0 Å². The third-order valence-corrected chi connectivity index (χ3v) is 2.03. The van der Waals surface area contributed by atoms with Crippen molar-refractivity contribution in [1.29, 1.82) is 0 Å². The molecule has 0 amide bonds. The molecule has 0 saturated carbocycles. The van der Waals surface area contributed by atoms with Crippen LogP contribution in [0.15, 0.2) is 0 Å². The lowest BCUT2D eigenvalue weighted by Crippen LogP contribution is -2.21. The smallest absolute Gasteiger partial charge is 0.364 e. The molecule has 0 heterocycles. The van der Waals surface area contributed by atoms with Gasteiger partial charge < -0.3 is 4.90 Å². The lowest BCUT2D eigenvalue weighted by molar-refractivity contribution is -0.0510. The molecule has 0 aromatic heterocycles. The van der Waals surface area contributed by atoms with E-state index in [2.05, 4.69) is 24.8 Å². The van der Waals surface area contributed by atoms with Crippen LogP contribution in [0.25, 0.3) is 0 Å². The zero-order chi connectivity index (χ0) is 12.2. The van der Waals surface area contributed by atoms with E-state index in [0.29, 0.717) is 4.32 Å². The fourth-order valence-electron chi connectivity index (χ4n) is 0. The van der Waals surface area contributed by atoms with Gasteiger partial charge in [-0.1, -0.05) is 12.2 Å². The summed E-state index contributed by atoms with van der Waals surface area (Å²) in [6, 6.07) is 0. The van der Waals surface area contributed by atoms with Crippen LogP contribution in [0.4, 0.5) is 13.2 Å². The molecule has 0 fully saturated rings. The highest BCUT2D eigenvalue weighted by molar-refractivity contribution is 8.10. The average molecular weight is 271 g/mol. The number of alkyl halides is 3. The van der Waals surface area contributed by atoms with Gasteiger partial charge in [-0.05, 0) is 0 Å². The second-order valence-corrected chi connectivity index (χ2v) is 4.62. The van der Waals surface area contributed by atoms with Crippen molar-refractivity contribution < 1.29 is 26.1 Å². The topological polar surface area (TPSA) is 57.6 Å². The van der Waals surface area contributed by atoms with Crippen molar-refractivity contribution in [3.05, 3.63) is 0 Å². The highest BCUT2D eigenvalue weighted by atomic mass is 32.2. The molecule has 0 radical (unpaired) electrons. The first-order chi connectivity index (χ1) is 5.89. The maximum atomic E-state index is 10.7. The van der Waals surface area contributed by atoms with Crippen LogP contribution in [-0.2, 0) is 10.1 Å². The number of thiol groups is 1. The highest BCUT2D eigenvalue weighted by Gasteiger charge is 2.44. The predicted molar refractivity (Wildman–Crippen MR) is 52.9 cm³/mol. The van der Waals surface area contributed by atoms with Crippen molar-refractivity contribution in [3.63, 3.8) is 0 Å². The SMILES string of the molecule is CN(C)C(=S)S.O=S(=O)(O)C(F)(F)F. The number of thiocarbonyl (C=S) groups is 1. The van der Waals surface area contributed by atoms with Gasteiger partial charge in [0.05, 0.1) is 0 Å². The summed E-state index contributed by atoms with van der Waals surface area (Å²) < 4.78 is 58.2. The number of rotatable bonds is 0. The summed E-state index contributed by atoms with van der Waals surface area (Å²) in [6.07, 6.45) is 0. The van der Waals surface area contributed by atoms with Gasteiger partial charge in [0.2, 0.25) is 0 Å². The Balaban J connectivity index is 0. The van der Waals surface area contributed by atoms with Crippen LogP contribution < -0.4 is 0 Å². The van der Waals surface area contributed by atoms with E-state index in [4.69, 9.17) is 13.0 Å². The van der Waals surface area contributed by atoms with E-state index in [1.165, 1.54) is 0 Å². The van der Waals surface area contributed by atoms with Crippen LogP contribution >= 0.6 is 24.8 Å². The minimum Gasteiger partial charge on any atom is -0.364 e. The van der Waals surface area contributed by atoms with Gasteiger partial charge in [0.15, 0.2) is 0 Å². The number of halogens is 3. The Morgan fingerprint density at radius 2 is 1.57 bits per heavy atom. The van der Waals surface area contributed by atoms with Crippen molar-refractivity contribution in [2.24, 2.45) is 0 Å². The van der Waals surface area contributed by atoms with E-state index in [9.17, 15) is 13.2 Å². The molecular weight excluding hydrogens is 263 g/mol. The van der Waals surface area contributed by atoms with E-state index in [1.54, 1.807) is 4.90 Å². The van der Waals surface area contributed by atoms with Crippen molar-refractivity contribution in [2.45, 2.75) is 5.51 Å². The van der Waals surface area contributed by atoms with Crippen LogP contribution in [0.1, 0.15) is 0 Å². The maximum Gasteiger partial charge on any atom is 0.522 e. The Kier molecular flexibility index (Phi) is 6.70. The molecule has 0 aromatic rings. The van der Waals surface area contributed by atoms with Crippen LogP contribution in [0.3, 0.4) is 0 Å². The molecule has 0 rings (SSSR count). The fraction of sp³-hybridized carbons (Fsp3) is 0.750. The van der Waals surface area contributed by atoms with Crippen molar-refractivity contribution >= 4 is 39.3 Å². The van der Waals surface area contributed by atoms with Gasteiger partial charge in [-0.2, -0.15) is 21.6 Å². The van der Waals surface area contributed by atoms with Gasteiger partial charge in [-0.15, -0.1) is 12.6 Å². The third-order valence-electron chi connectivity index (χ3n) is 0.675. The summed E-state index contributed by atoms with van der Waals surface area (Å²) in [5.74, 6) is 0. The molecule has 0 bridgehead atoms. The molecule has 10 heteroatoms. The quantitative estimate of drug-likeness (QED) is 0.300. The Bertz CT molecular complexity index is 284. The molecule has 0 spiro atoms. The molecule has 14 heavy (non-hydrogen) atoms. The van der Waals surface area contributed by atoms with Crippen LogP contribution in [0.5, 0.6) is 0 Å². The zero-order valence-electron chi connectivity index (χ0n) is 7.11. The number of hydrogen-bond acceptors (Lipinski definition) is 3. The van der Waals surface area contributed by atoms with Crippen LogP contribution in [-0.4, -0.2) is 41.8 Å². The molecule has 4 nitrogen and oxygen atoms in total. The second-order valence-electron chi connectivity index (χ2n) is 2.10. The van der Waals surface area contributed by atoms with Gasteiger partial charge in [0.1, 0.15) is 4.32 Å². The van der Waals surface area contributed by atoms with Gasteiger partial charge in [-0.25, -0.2) is 0 Å². The Hall–Kier alpha value is -0.0600. The number of hydrogen-bond donors (Lipinski definition) is 2. The van der Waals surface area contributed by atoms with E-state index >= 15 is 0 Å². The normalized spacial score (nSPS) is 11.4. The van der Waals surface area contributed by atoms with Crippen molar-refractivity contribution in [2.75, 3.05) is 14.1 Å². The fourth-order valence-corrected chi connectivity index (χ4v) is 0. The molecule has 0 aromatic carbocycles. The predicted octanol–water partition coefficient (Wildman–Crippen LogP) is 1.16. The Labute approximate surface area is 90.2 Å². The summed E-state index contributed by atoms with van der Waals surface area (Å²) in [7, 11) is -2.13. The molecule has 0 atom stereocenters. The summed E-state index contributed by atoms with van der Waals surface area (Å²) >= 11 is 8.46. The molecule has 86 valence electrons. The maximum absolute atomic E-state index is 10.7. The summed E-state index contributed by atoms with van der Waals surface area (Å²) in [4.78, 5) is 1.76. The number of nitrogens with zero attached hydrogens (tertiary/aromatic N) is 1. The third kappa shape index (κ3) is 8.53. The molecule has 1 N–H and O–H groups in total. The first-order valence-corrected chi connectivity index (χ1v) is 5.13. The van der Waals surface area contributed by atoms with E-state index < -0.39 is 15.6 Å². The van der Waals surface area contributed by atoms with Crippen LogP contribution in [0.2, 0.25) is 0 Å².